The van der Waals surface area contributed by atoms with Crippen LogP contribution in [0.2, 0.25) is 0 Å². The molecule has 0 spiro atoms. The molecular formula is C39H51O9P. The molecule has 0 aromatic heterocycles. The van der Waals surface area contributed by atoms with E-state index in [0.717, 1.165) is 23.1 Å². The van der Waals surface area contributed by atoms with Crippen LogP contribution in [0.15, 0.2) is 115 Å². The van der Waals surface area contributed by atoms with Gasteiger partial charge >= 0.3 is 7.60 Å². The number of rotatable bonds is 23. The Balaban J connectivity index is 1.69. The minimum absolute atomic E-state index is 0.0698. The highest BCUT2D eigenvalue weighted by Crippen LogP contribution is 2.51. The minimum Gasteiger partial charge on any atom is -0.388 e. The van der Waals surface area contributed by atoms with Crippen LogP contribution in [0, 0.1) is 5.92 Å². The van der Waals surface area contributed by atoms with Gasteiger partial charge in [0.15, 0.2) is 0 Å². The van der Waals surface area contributed by atoms with Crippen LogP contribution < -0.4 is 0 Å². The van der Waals surface area contributed by atoms with Crippen LogP contribution in [0.5, 0.6) is 0 Å². The average Bonchev–Trinajstić information content (AvgIpc) is 3.11. The van der Waals surface area contributed by atoms with Crippen molar-refractivity contribution in [3.05, 3.63) is 132 Å². The molecule has 49 heavy (non-hydrogen) atoms. The summed E-state index contributed by atoms with van der Waals surface area (Å²) in [4.78, 5) is 0. The normalized spacial score (nSPS) is 17.8. The summed E-state index contributed by atoms with van der Waals surface area (Å²) >= 11 is 0. The van der Waals surface area contributed by atoms with Crippen molar-refractivity contribution in [1.82, 2.24) is 0 Å². The molecule has 0 heterocycles. The highest BCUT2D eigenvalue weighted by molar-refractivity contribution is 7.53. The molecule has 9 nitrogen and oxygen atoms in total. The fourth-order valence-corrected chi connectivity index (χ4v) is 7.65. The van der Waals surface area contributed by atoms with Crippen LogP contribution in [-0.2, 0) is 52.4 Å². The summed E-state index contributed by atoms with van der Waals surface area (Å²) in [7, 11) is -3.87. The van der Waals surface area contributed by atoms with Gasteiger partial charge in [0.05, 0.1) is 59.0 Å². The molecule has 1 aliphatic carbocycles. The monoisotopic (exact) mass is 694 g/mol. The van der Waals surface area contributed by atoms with Gasteiger partial charge in [-0.2, -0.15) is 0 Å². The van der Waals surface area contributed by atoms with Gasteiger partial charge in [0.25, 0.3) is 0 Å². The molecule has 3 aromatic carbocycles. The van der Waals surface area contributed by atoms with Gasteiger partial charge in [0.1, 0.15) is 23.9 Å². The molecule has 10 heteroatoms. The van der Waals surface area contributed by atoms with Gasteiger partial charge in [-0.3, -0.25) is 4.57 Å². The standard InChI is InChI=1S/C39H51O9P/c1-3-47-49(42,48-4-2)31-39(41,30-44-26-33-19-11-6-12-20-33)38(46-28-35-23-15-8-16-24-35)37(45-27-34-21-13-7-14-22-34)36(40)29-43-25-32-17-9-5-10-18-32/h5-19,21-24,33,36-38,40-41H,3-4,20,25-31H2,1-2H3/t33?,36-,37-,38+,39+/m1/s1. The number of hydrogen-bond donors (Lipinski definition) is 2. The van der Waals surface area contributed by atoms with E-state index in [4.69, 9.17) is 28.0 Å². The summed E-state index contributed by atoms with van der Waals surface area (Å²) in [6.45, 7) is 3.98. The van der Waals surface area contributed by atoms with Crippen molar-refractivity contribution in [2.75, 3.05) is 39.2 Å². The summed E-state index contributed by atoms with van der Waals surface area (Å²) in [5.74, 6) is 0.102. The molecule has 2 N–H and O–H groups in total. The Labute approximate surface area is 291 Å². The quantitative estimate of drug-likeness (QED) is 0.103. The van der Waals surface area contributed by atoms with Gasteiger partial charge in [-0.15, -0.1) is 0 Å². The van der Waals surface area contributed by atoms with Crippen LogP contribution in [0.3, 0.4) is 0 Å². The molecule has 0 aliphatic heterocycles. The third-order valence-electron chi connectivity index (χ3n) is 8.04. The van der Waals surface area contributed by atoms with Gasteiger partial charge in [-0.05, 0) is 37.0 Å². The molecule has 1 aliphatic rings. The summed E-state index contributed by atoms with van der Waals surface area (Å²) in [5, 5.41) is 24.5. The van der Waals surface area contributed by atoms with E-state index in [-0.39, 0.29) is 52.2 Å². The fourth-order valence-electron chi connectivity index (χ4n) is 5.67. The highest BCUT2D eigenvalue weighted by Gasteiger charge is 2.51. The van der Waals surface area contributed by atoms with Crippen molar-refractivity contribution < 1.29 is 42.8 Å². The topological polar surface area (TPSA) is 113 Å². The number of hydrogen-bond acceptors (Lipinski definition) is 9. The predicted molar refractivity (Wildman–Crippen MR) is 190 cm³/mol. The van der Waals surface area contributed by atoms with Crippen molar-refractivity contribution in [3.63, 3.8) is 0 Å². The Morgan fingerprint density at radius 1 is 0.776 bits per heavy atom. The second kappa shape index (κ2) is 20.7. The second-order valence-corrected chi connectivity index (χ2v) is 14.1. The molecule has 0 saturated carbocycles. The van der Waals surface area contributed by atoms with Gasteiger partial charge in [-0.1, -0.05) is 115 Å². The number of allylic oxidation sites excluding steroid dienone is 3. The van der Waals surface area contributed by atoms with E-state index in [9.17, 15) is 14.8 Å². The predicted octanol–water partition coefficient (Wildman–Crippen LogP) is 6.88. The number of aliphatic hydroxyl groups excluding tert-OH is 1. The molecule has 0 saturated heterocycles. The van der Waals surface area contributed by atoms with Gasteiger partial charge in [0.2, 0.25) is 0 Å². The maximum atomic E-state index is 14.1. The van der Waals surface area contributed by atoms with E-state index in [1.165, 1.54) is 0 Å². The van der Waals surface area contributed by atoms with Gasteiger partial charge < -0.3 is 38.2 Å². The lowest BCUT2D eigenvalue weighted by molar-refractivity contribution is -0.215. The van der Waals surface area contributed by atoms with Crippen molar-refractivity contribution in [3.8, 4) is 0 Å². The van der Waals surface area contributed by atoms with Crippen LogP contribution in [-0.4, -0.2) is 73.3 Å². The van der Waals surface area contributed by atoms with Crippen molar-refractivity contribution >= 4 is 7.60 Å². The van der Waals surface area contributed by atoms with E-state index in [0.29, 0.717) is 6.61 Å². The Bertz CT molecular complexity index is 1430. The summed E-state index contributed by atoms with van der Waals surface area (Å²) in [5.41, 5.74) is 0.645. The molecule has 266 valence electrons. The van der Waals surface area contributed by atoms with Crippen LogP contribution >= 0.6 is 7.60 Å². The lowest BCUT2D eigenvalue weighted by atomic mass is 9.91. The van der Waals surface area contributed by atoms with Gasteiger partial charge in [-0.25, -0.2) is 0 Å². The first kappa shape index (κ1) is 38.8. The van der Waals surface area contributed by atoms with E-state index in [1.54, 1.807) is 13.8 Å². The Kier molecular flexibility index (Phi) is 16.4. The largest absolute Gasteiger partial charge is 0.388 e. The lowest BCUT2D eigenvalue weighted by Crippen LogP contribution is -2.60. The number of aliphatic hydroxyl groups is 2. The Morgan fingerprint density at radius 2 is 1.33 bits per heavy atom. The van der Waals surface area contributed by atoms with Crippen molar-refractivity contribution in [2.45, 2.75) is 64.0 Å². The average molecular weight is 695 g/mol. The third kappa shape index (κ3) is 13.0. The summed E-state index contributed by atoms with van der Waals surface area (Å²) in [6, 6.07) is 28.7. The minimum atomic E-state index is -3.87. The van der Waals surface area contributed by atoms with Crippen molar-refractivity contribution in [1.29, 1.82) is 0 Å². The fraction of sp³-hybridized carbons (Fsp3) is 0.436. The lowest BCUT2D eigenvalue weighted by Gasteiger charge is -2.42. The molecule has 3 aromatic rings. The molecule has 0 bridgehead atoms. The SMILES string of the molecule is CCOP(=O)(C[C@@](O)(COCC1C=CC=CC1)[C@@H](OCc1ccccc1)[C@H](OCc1ccccc1)[C@H](O)COCc1ccccc1)OCC. The van der Waals surface area contributed by atoms with Crippen molar-refractivity contribution in [2.24, 2.45) is 5.92 Å². The maximum absolute atomic E-state index is 14.1. The molecule has 4 rings (SSSR count). The Hall–Kier alpha value is -2.95. The smallest absolute Gasteiger partial charge is 0.333 e. The molecule has 0 radical (unpaired) electrons. The molecule has 0 fully saturated rings. The third-order valence-corrected chi connectivity index (χ3v) is 10.3. The summed E-state index contributed by atoms with van der Waals surface area (Å²) < 4.78 is 50.6. The zero-order valence-corrected chi connectivity index (χ0v) is 29.4. The van der Waals surface area contributed by atoms with Crippen LogP contribution in [0.25, 0.3) is 0 Å². The molecule has 0 amide bonds. The maximum Gasteiger partial charge on any atom is 0.333 e. The van der Waals surface area contributed by atoms with E-state index in [1.807, 2.05) is 109 Å². The van der Waals surface area contributed by atoms with E-state index in [2.05, 4.69) is 6.08 Å². The number of ether oxygens (including phenoxy) is 4. The molecular weight excluding hydrogens is 643 g/mol. The zero-order valence-electron chi connectivity index (χ0n) is 28.5. The first-order valence-corrected chi connectivity index (χ1v) is 18.7. The van der Waals surface area contributed by atoms with E-state index >= 15 is 0 Å². The Morgan fingerprint density at radius 3 is 1.86 bits per heavy atom. The van der Waals surface area contributed by atoms with E-state index < -0.39 is 37.7 Å². The molecule has 1 unspecified atom stereocenters. The van der Waals surface area contributed by atoms with Gasteiger partial charge in [0, 0.05) is 5.92 Å². The highest BCUT2D eigenvalue weighted by atomic mass is 31.2. The van der Waals surface area contributed by atoms with Crippen LogP contribution in [0.4, 0.5) is 0 Å². The number of benzene rings is 3. The zero-order chi connectivity index (χ0) is 34.8. The summed E-state index contributed by atoms with van der Waals surface area (Å²) in [6.07, 6.45) is 4.72. The molecule has 5 atom stereocenters. The second-order valence-electron chi connectivity index (χ2n) is 12.1. The van der Waals surface area contributed by atoms with Crippen LogP contribution in [0.1, 0.15) is 37.0 Å². The first-order chi connectivity index (χ1) is 23.8. The first-order valence-electron chi connectivity index (χ1n) is 17.0.